The fourth-order valence-electron chi connectivity index (χ4n) is 2.30. The molecule has 0 fully saturated rings. The van der Waals surface area contributed by atoms with Gasteiger partial charge in [0.1, 0.15) is 0 Å². The van der Waals surface area contributed by atoms with Crippen molar-refractivity contribution in [1.29, 1.82) is 0 Å². The number of hydrogen-bond donors (Lipinski definition) is 2. The maximum Gasteiger partial charge on any atom is 0.231 e. The third-order valence-electron chi connectivity index (χ3n) is 3.56. The highest BCUT2D eigenvalue weighted by Crippen LogP contribution is 2.32. The Hall–Kier alpha value is -1.97. The molecule has 7 nitrogen and oxygen atoms in total. The summed E-state index contributed by atoms with van der Waals surface area (Å²) in [6, 6.07) is 7.87. The third kappa shape index (κ3) is 4.53. The zero-order valence-corrected chi connectivity index (χ0v) is 16.1. The van der Waals surface area contributed by atoms with E-state index in [1.54, 1.807) is 6.20 Å². The molecular weight excluding hydrogens is 421 g/mol. The highest BCUT2D eigenvalue weighted by Gasteiger charge is 2.12. The molecule has 0 saturated carbocycles. The average Bonchev–Trinajstić information content (AvgIpc) is 3.18. The summed E-state index contributed by atoms with van der Waals surface area (Å²) in [4.78, 5) is 4.61. The molecule has 2 heterocycles. The first-order chi connectivity index (χ1) is 11.3. The van der Waals surface area contributed by atoms with Crippen LogP contribution >= 0.6 is 24.0 Å². The Morgan fingerprint density at radius 1 is 1.25 bits per heavy atom. The second kappa shape index (κ2) is 8.76. The molecule has 0 saturated heterocycles. The molecule has 2 N–H and O–H groups in total. The van der Waals surface area contributed by atoms with E-state index in [-0.39, 0.29) is 30.8 Å². The van der Waals surface area contributed by atoms with Crippen molar-refractivity contribution in [3.63, 3.8) is 0 Å². The van der Waals surface area contributed by atoms with E-state index < -0.39 is 0 Å². The summed E-state index contributed by atoms with van der Waals surface area (Å²) < 4.78 is 12.6. The molecule has 0 bridgehead atoms. The predicted octanol–water partition coefficient (Wildman–Crippen LogP) is 2.02. The van der Waals surface area contributed by atoms with Gasteiger partial charge in [0.05, 0.1) is 18.8 Å². The summed E-state index contributed by atoms with van der Waals surface area (Å²) in [7, 11) is 1.92. The van der Waals surface area contributed by atoms with Crippen molar-refractivity contribution in [2.24, 2.45) is 12.0 Å². The predicted molar refractivity (Wildman–Crippen MR) is 103 cm³/mol. The summed E-state index contributed by atoms with van der Waals surface area (Å²) in [5.41, 5.74) is 2.17. The van der Waals surface area contributed by atoms with E-state index in [2.05, 4.69) is 20.7 Å². The van der Waals surface area contributed by atoms with Crippen molar-refractivity contribution < 1.29 is 9.47 Å². The van der Waals surface area contributed by atoms with Gasteiger partial charge in [0.25, 0.3) is 0 Å². The molecule has 0 atom stereocenters. The highest BCUT2D eigenvalue weighted by molar-refractivity contribution is 14.0. The minimum absolute atomic E-state index is 0. The van der Waals surface area contributed by atoms with Gasteiger partial charge in [-0.05, 0) is 30.7 Å². The van der Waals surface area contributed by atoms with E-state index in [1.165, 1.54) is 0 Å². The van der Waals surface area contributed by atoms with Crippen molar-refractivity contribution in [2.45, 2.75) is 20.0 Å². The Kier molecular flexibility index (Phi) is 6.71. The number of aliphatic imine (C=N–C) groups is 1. The van der Waals surface area contributed by atoms with Gasteiger partial charge in [-0.25, -0.2) is 4.99 Å². The fraction of sp³-hybridized carbons (Fsp3) is 0.375. The zero-order chi connectivity index (χ0) is 16.1. The quantitative estimate of drug-likeness (QED) is 0.421. The van der Waals surface area contributed by atoms with E-state index >= 15 is 0 Å². The van der Waals surface area contributed by atoms with Crippen LogP contribution in [0.25, 0.3) is 0 Å². The van der Waals surface area contributed by atoms with Crippen molar-refractivity contribution >= 4 is 29.9 Å². The smallest absolute Gasteiger partial charge is 0.231 e. The van der Waals surface area contributed by atoms with Crippen LogP contribution in [0.3, 0.4) is 0 Å². The van der Waals surface area contributed by atoms with Crippen LogP contribution < -0.4 is 20.1 Å². The number of guanidine groups is 1. The summed E-state index contributed by atoms with van der Waals surface area (Å²) in [5, 5.41) is 10.7. The highest BCUT2D eigenvalue weighted by atomic mass is 127. The Morgan fingerprint density at radius 3 is 2.83 bits per heavy atom. The average molecular weight is 443 g/mol. The molecule has 24 heavy (non-hydrogen) atoms. The number of nitrogens with one attached hydrogen (secondary N) is 2. The Balaban J connectivity index is 0.00000208. The minimum Gasteiger partial charge on any atom is -0.454 e. The van der Waals surface area contributed by atoms with Crippen LogP contribution in [0.15, 0.2) is 35.5 Å². The van der Waals surface area contributed by atoms with E-state index in [0.29, 0.717) is 13.1 Å². The molecule has 0 spiro atoms. The number of rotatable bonds is 5. The number of aromatic nitrogens is 2. The first-order valence-electron chi connectivity index (χ1n) is 7.64. The zero-order valence-electron chi connectivity index (χ0n) is 13.8. The van der Waals surface area contributed by atoms with Gasteiger partial charge in [-0.1, -0.05) is 6.07 Å². The molecule has 2 aromatic rings. The molecule has 0 unspecified atom stereocenters. The van der Waals surface area contributed by atoms with Crippen LogP contribution in [0, 0.1) is 0 Å². The number of fused-ring (bicyclic) bond motifs is 1. The van der Waals surface area contributed by atoms with Gasteiger partial charge in [0, 0.05) is 19.8 Å². The Labute approximate surface area is 158 Å². The monoisotopic (exact) mass is 443 g/mol. The SMILES string of the molecule is CCNC(=NCc1ccc2c(c1)OCO2)NCc1ccnn1C.I. The largest absolute Gasteiger partial charge is 0.454 e. The maximum atomic E-state index is 5.39. The fourth-order valence-corrected chi connectivity index (χ4v) is 2.30. The van der Waals surface area contributed by atoms with Crippen molar-refractivity contribution in [2.75, 3.05) is 13.3 Å². The Bertz CT molecular complexity index is 702. The van der Waals surface area contributed by atoms with Crippen molar-refractivity contribution in [3.05, 3.63) is 41.7 Å². The molecular formula is C16H22IN5O2. The first kappa shape index (κ1) is 18.4. The topological polar surface area (TPSA) is 72.7 Å². The number of benzene rings is 1. The van der Waals surface area contributed by atoms with Gasteiger partial charge in [-0.3, -0.25) is 4.68 Å². The van der Waals surface area contributed by atoms with Crippen LogP contribution in [0.4, 0.5) is 0 Å². The van der Waals surface area contributed by atoms with Gasteiger partial charge in [0.2, 0.25) is 6.79 Å². The molecule has 3 rings (SSSR count). The summed E-state index contributed by atoms with van der Waals surface area (Å²) in [6.45, 7) is 4.37. The van der Waals surface area contributed by atoms with E-state index in [4.69, 9.17) is 9.47 Å². The van der Waals surface area contributed by atoms with Gasteiger partial charge in [-0.2, -0.15) is 5.10 Å². The lowest BCUT2D eigenvalue weighted by molar-refractivity contribution is 0.174. The van der Waals surface area contributed by atoms with Crippen molar-refractivity contribution in [1.82, 2.24) is 20.4 Å². The lowest BCUT2D eigenvalue weighted by atomic mass is 10.2. The van der Waals surface area contributed by atoms with Crippen LogP contribution in [-0.2, 0) is 20.1 Å². The van der Waals surface area contributed by atoms with Crippen LogP contribution in [0.5, 0.6) is 11.5 Å². The normalized spacial score (nSPS) is 12.7. The second-order valence-electron chi connectivity index (χ2n) is 5.18. The number of ether oxygens (including phenoxy) is 2. The van der Waals surface area contributed by atoms with Crippen LogP contribution in [0.1, 0.15) is 18.2 Å². The molecule has 0 aliphatic carbocycles. The lowest BCUT2D eigenvalue weighted by Gasteiger charge is -2.11. The molecule has 1 aliphatic heterocycles. The first-order valence-corrected chi connectivity index (χ1v) is 7.64. The van der Waals surface area contributed by atoms with Crippen molar-refractivity contribution in [3.8, 4) is 11.5 Å². The van der Waals surface area contributed by atoms with E-state index in [9.17, 15) is 0 Å². The molecule has 130 valence electrons. The van der Waals surface area contributed by atoms with Gasteiger partial charge in [-0.15, -0.1) is 24.0 Å². The van der Waals surface area contributed by atoms with Crippen LogP contribution in [-0.4, -0.2) is 29.1 Å². The number of nitrogens with zero attached hydrogens (tertiary/aromatic N) is 3. The maximum absolute atomic E-state index is 5.39. The van der Waals surface area contributed by atoms with Gasteiger partial charge in [0.15, 0.2) is 17.5 Å². The van der Waals surface area contributed by atoms with Gasteiger partial charge >= 0.3 is 0 Å². The standard InChI is InChI=1S/C16H21N5O2.HI/c1-3-17-16(19-10-13-6-7-20-21(13)2)18-9-12-4-5-14-15(8-12)23-11-22-14;/h4-8H,3,9-11H2,1-2H3,(H2,17,18,19);1H. The Morgan fingerprint density at radius 2 is 2.08 bits per heavy atom. The molecule has 1 aromatic heterocycles. The van der Waals surface area contributed by atoms with E-state index in [0.717, 1.165) is 35.3 Å². The number of halogens is 1. The molecule has 1 aliphatic rings. The number of hydrogen-bond acceptors (Lipinski definition) is 4. The van der Waals surface area contributed by atoms with E-state index in [1.807, 2.05) is 42.9 Å². The minimum atomic E-state index is 0. The summed E-state index contributed by atoms with van der Waals surface area (Å²) in [5.74, 6) is 2.34. The molecule has 0 amide bonds. The molecule has 8 heteroatoms. The lowest BCUT2D eigenvalue weighted by Crippen LogP contribution is -2.37. The number of aryl methyl sites for hydroxylation is 1. The van der Waals surface area contributed by atoms with Gasteiger partial charge < -0.3 is 20.1 Å². The summed E-state index contributed by atoms with van der Waals surface area (Å²) >= 11 is 0. The second-order valence-corrected chi connectivity index (χ2v) is 5.18. The summed E-state index contributed by atoms with van der Waals surface area (Å²) in [6.07, 6.45) is 1.79. The van der Waals surface area contributed by atoms with Crippen LogP contribution in [0.2, 0.25) is 0 Å². The third-order valence-corrected chi connectivity index (χ3v) is 3.56. The molecule has 0 radical (unpaired) electrons. The molecule has 1 aromatic carbocycles.